The van der Waals surface area contributed by atoms with E-state index < -0.39 is 5.54 Å². The van der Waals surface area contributed by atoms with Crippen LogP contribution >= 0.6 is 0 Å². The fraction of sp³-hybridized carbons (Fsp3) is 0.941. The van der Waals surface area contributed by atoms with Crippen LogP contribution in [-0.2, 0) is 9.53 Å². The van der Waals surface area contributed by atoms with E-state index >= 15 is 0 Å². The van der Waals surface area contributed by atoms with Gasteiger partial charge in [0.25, 0.3) is 0 Å². The molecule has 1 aliphatic carbocycles. The average molecular weight is 325 g/mol. The van der Waals surface area contributed by atoms with Gasteiger partial charge in [0.15, 0.2) is 0 Å². The van der Waals surface area contributed by atoms with Gasteiger partial charge < -0.3 is 20.1 Å². The maximum Gasteiger partial charge on any atom is 0.220 e. The quantitative estimate of drug-likeness (QED) is 0.748. The largest absolute Gasteiger partial charge is 0.394 e. The van der Waals surface area contributed by atoms with Gasteiger partial charge in [0.2, 0.25) is 5.91 Å². The molecule has 6 heteroatoms. The third-order valence-corrected chi connectivity index (χ3v) is 6.32. The second kappa shape index (κ2) is 6.67. The first-order chi connectivity index (χ1) is 11.0. The lowest BCUT2D eigenvalue weighted by Gasteiger charge is -2.59. The smallest absolute Gasteiger partial charge is 0.220 e. The Kier molecular flexibility index (Phi) is 4.97. The highest BCUT2D eigenvalue weighted by atomic mass is 16.5. The van der Waals surface area contributed by atoms with Crippen LogP contribution in [0.4, 0.5) is 0 Å². The number of hydrogen-bond donors (Lipinski definition) is 2. The van der Waals surface area contributed by atoms with E-state index in [1.54, 1.807) is 0 Å². The molecule has 0 aromatic carbocycles. The summed E-state index contributed by atoms with van der Waals surface area (Å²) in [7, 11) is 4.18. The Morgan fingerprint density at radius 3 is 2.70 bits per heavy atom. The average Bonchev–Trinajstić information content (AvgIpc) is 2.90. The topological polar surface area (TPSA) is 65.0 Å². The Morgan fingerprint density at radius 2 is 2.13 bits per heavy atom. The molecule has 3 fully saturated rings. The third kappa shape index (κ3) is 3.27. The molecule has 1 amide bonds. The summed E-state index contributed by atoms with van der Waals surface area (Å²) in [6.45, 7) is 3.78. The molecule has 2 atom stereocenters. The van der Waals surface area contributed by atoms with Crippen molar-refractivity contribution in [1.82, 2.24) is 15.1 Å². The molecule has 0 bridgehead atoms. The lowest BCUT2D eigenvalue weighted by molar-refractivity contribution is -0.180. The maximum absolute atomic E-state index is 12.3. The summed E-state index contributed by atoms with van der Waals surface area (Å²) >= 11 is 0. The van der Waals surface area contributed by atoms with Crippen LogP contribution in [0, 0.1) is 5.92 Å². The zero-order valence-corrected chi connectivity index (χ0v) is 14.5. The Morgan fingerprint density at radius 1 is 1.35 bits per heavy atom. The van der Waals surface area contributed by atoms with Crippen LogP contribution in [0.2, 0.25) is 0 Å². The molecule has 0 radical (unpaired) electrons. The number of amides is 1. The van der Waals surface area contributed by atoms with E-state index in [0.717, 1.165) is 39.0 Å². The van der Waals surface area contributed by atoms with Crippen LogP contribution < -0.4 is 5.32 Å². The molecule has 6 nitrogen and oxygen atoms in total. The molecule has 2 N–H and O–H groups in total. The summed E-state index contributed by atoms with van der Waals surface area (Å²) in [4.78, 5) is 16.8. The van der Waals surface area contributed by atoms with Crippen molar-refractivity contribution >= 4 is 5.91 Å². The highest BCUT2D eigenvalue weighted by Crippen LogP contribution is 2.43. The molecule has 3 rings (SSSR count). The van der Waals surface area contributed by atoms with Gasteiger partial charge in [0.05, 0.1) is 25.4 Å². The minimum absolute atomic E-state index is 0.0116. The van der Waals surface area contributed by atoms with Crippen LogP contribution in [0.3, 0.4) is 0 Å². The summed E-state index contributed by atoms with van der Waals surface area (Å²) < 4.78 is 5.82. The van der Waals surface area contributed by atoms with Gasteiger partial charge in [-0.3, -0.25) is 9.69 Å². The van der Waals surface area contributed by atoms with Crippen molar-refractivity contribution in [3.63, 3.8) is 0 Å². The number of hydrogen-bond acceptors (Lipinski definition) is 5. The van der Waals surface area contributed by atoms with Gasteiger partial charge in [0.1, 0.15) is 0 Å². The molecule has 132 valence electrons. The van der Waals surface area contributed by atoms with Crippen molar-refractivity contribution in [2.75, 3.05) is 53.6 Å². The van der Waals surface area contributed by atoms with E-state index in [2.05, 4.69) is 29.2 Å². The summed E-state index contributed by atoms with van der Waals surface area (Å²) in [5.41, 5.74) is -0.416. The van der Waals surface area contributed by atoms with Crippen LogP contribution in [0.25, 0.3) is 0 Å². The standard InChI is InChI=1S/C17H31N3O3/c1-19-7-4-14(9-19)8-15(22)18-10-17(11-21)13-23-12-16(20(17)2)5-3-6-16/h14,21H,3-13H2,1-2H3,(H,18,22). The maximum atomic E-state index is 12.3. The summed E-state index contributed by atoms with van der Waals surface area (Å²) in [5, 5.41) is 13.1. The number of carbonyl (C=O) groups is 1. The number of likely N-dealkylation sites (tertiary alicyclic amines) is 1. The van der Waals surface area contributed by atoms with Crippen molar-refractivity contribution in [1.29, 1.82) is 0 Å². The van der Waals surface area contributed by atoms with Crippen LogP contribution in [-0.4, -0.2) is 85.4 Å². The van der Waals surface area contributed by atoms with Crippen molar-refractivity contribution in [2.45, 2.75) is 43.2 Å². The number of rotatable bonds is 5. The summed E-state index contributed by atoms with van der Waals surface area (Å²) in [6.07, 6.45) is 5.14. The highest BCUT2D eigenvalue weighted by molar-refractivity contribution is 5.76. The van der Waals surface area contributed by atoms with Crippen molar-refractivity contribution < 1.29 is 14.6 Å². The third-order valence-electron chi connectivity index (χ3n) is 6.32. The Balaban J connectivity index is 1.55. The molecular weight excluding hydrogens is 294 g/mol. The van der Waals surface area contributed by atoms with Crippen LogP contribution in [0.5, 0.6) is 0 Å². The SMILES string of the molecule is CN1CCC(CC(=O)NCC2(CO)COCC3(CCC3)N2C)C1. The van der Waals surface area contributed by atoms with Gasteiger partial charge in [0, 0.05) is 25.0 Å². The minimum atomic E-state index is -0.485. The first kappa shape index (κ1) is 17.1. The molecule has 1 spiro atoms. The monoisotopic (exact) mass is 325 g/mol. The molecule has 2 saturated heterocycles. The molecule has 2 heterocycles. The van der Waals surface area contributed by atoms with Gasteiger partial charge in [-0.05, 0) is 52.2 Å². The molecule has 1 saturated carbocycles. The normalized spacial score (nSPS) is 34.5. The minimum Gasteiger partial charge on any atom is -0.394 e. The molecule has 0 aromatic rings. The van der Waals surface area contributed by atoms with Crippen LogP contribution in [0.15, 0.2) is 0 Å². The number of morpholine rings is 1. The molecular formula is C17H31N3O3. The number of likely N-dealkylation sites (N-methyl/N-ethyl adjacent to an activating group) is 1. The Hall–Kier alpha value is -0.690. The predicted octanol–water partition coefficient (Wildman–Crippen LogP) is 0.0602. The van der Waals surface area contributed by atoms with E-state index in [1.807, 2.05) is 0 Å². The van der Waals surface area contributed by atoms with Crippen molar-refractivity contribution in [3.05, 3.63) is 0 Å². The highest BCUT2D eigenvalue weighted by Gasteiger charge is 2.53. The first-order valence-electron chi connectivity index (χ1n) is 8.87. The number of carbonyl (C=O) groups excluding carboxylic acids is 1. The Bertz CT molecular complexity index is 441. The lowest BCUT2D eigenvalue weighted by atomic mass is 9.72. The first-order valence-corrected chi connectivity index (χ1v) is 8.87. The molecule has 2 unspecified atom stereocenters. The Labute approximate surface area is 139 Å². The van der Waals surface area contributed by atoms with Crippen molar-refractivity contribution in [2.24, 2.45) is 5.92 Å². The van der Waals surface area contributed by atoms with E-state index in [9.17, 15) is 9.90 Å². The van der Waals surface area contributed by atoms with Gasteiger partial charge in [-0.2, -0.15) is 0 Å². The van der Waals surface area contributed by atoms with Gasteiger partial charge >= 0.3 is 0 Å². The van der Waals surface area contributed by atoms with E-state index in [0.29, 0.717) is 25.5 Å². The second-order valence-electron chi connectivity index (χ2n) is 7.91. The number of ether oxygens (including phenoxy) is 1. The van der Waals surface area contributed by atoms with Crippen LogP contribution in [0.1, 0.15) is 32.1 Å². The number of nitrogens with one attached hydrogen (secondary N) is 1. The lowest BCUT2D eigenvalue weighted by Crippen LogP contribution is -2.73. The molecule has 2 aliphatic heterocycles. The summed E-state index contributed by atoms with van der Waals surface area (Å²) in [5.74, 6) is 0.558. The predicted molar refractivity (Wildman–Crippen MR) is 88.2 cm³/mol. The van der Waals surface area contributed by atoms with E-state index in [1.165, 1.54) is 6.42 Å². The fourth-order valence-corrected chi connectivity index (χ4v) is 4.36. The number of aliphatic hydroxyl groups excluding tert-OH is 1. The molecule has 23 heavy (non-hydrogen) atoms. The van der Waals surface area contributed by atoms with E-state index in [-0.39, 0.29) is 18.1 Å². The fourth-order valence-electron chi connectivity index (χ4n) is 4.36. The number of aliphatic hydroxyl groups is 1. The zero-order valence-electron chi connectivity index (χ0n) is 14.5. The zero-order chi connectivity index (χ0) is 16.5. The summed E-state index contributed by atoms with van der Waals surface area (Å²) in [6, 6.07) is 0. The van der Waals surface area contributed by atoms with E-state index in [4.69, 9.17) is 4.74 Å². The van der Waals surface area contributed by atoms with Gasteiger partial charge in [-0.25, -0.2) is 0 Å². The number of nitrogens with zero attached hydrogens (tertiary/aromatic N) is 2. The second-order valence-corrected chi connectivity index (χ2v) is 7.91. The van der Waals surface area contributed by atoms with Gasteiger partial charge in [-0.1, -0.05) is 0 Å². The molecule has 3 aliphatic rings. The van der Waals surface area contributed by atoms with Crippen molar-refractivity contribution in [3.8, 4) is 0 Å². The van der Waals surface area contributed by atoms with Gasteiger partial charge in [-0.15, -0.1) is 0 Å². The molecule has 0 aromatic heterocycles.